The minimum absolute atomic E-state index is 0.152. The minimum atomic E-state index is 0.152. The summed E-state index contributed by atoms with van der Waals surface area (Å²) in [7, 11) is 0. The van der Waals surface area contributed by atoms with E-state index >= 15 is 0 Å². The van der Waals surface area contributed by atoms with Gasteiger partial charge < -0.3 is 5.73 Å². The molecule has 0 spiro atoms. The zero-order valence-corrected chi connectivity index (χ0v) is 4.89. The van der Waals surface area contributed by atoms with Crippen molar-refractivity contribution in [1.82, 2.24) is 10.2 Å². The van der Waals surface area contributed by atoms with Crippen molar-refractivity contribution in [3.05, 3.63) is 18.0 Å². The van der Waals surface area contributed by atoms with Gasteiger partial charge in [0.15, 0.2) is 0 Å². The van der Waals surface area contributed by atoms with Gasteiger partial charge >= 0.3 is 0 Å². The SMILES string of the molecule is N=C(N)Cc1ccn[nH]1. The van der Waals surface area contributed by atoms with Crippen molar-refractivity contribution in [3.63, 3.8) is 0 Å². The topological polar surface area (TPSA) is 78.6 Å². The molecule has 1 rings (SSSR count). The number of aromatic nitrogens is 2. The summed E-state index contributed by atoms with van der Waals surface area (Å²) in [4.78, 5) is 0. The van der Waals surface area contributed by atoms with Crippen molar-refractivity contribution in [2.45, 2.75) is 6.42 Å². The van der Waals surface area contributed by atoms with E-state index in [-0.39, 0.29) is 5.84 Å². The highest BCUT2D eigenvalue weighted by atomic mass is 15.1. The Morgan fingerprint density at radius 3 is 3.11 bits per heavy atom. The van der Waals surface area contributed by atoms with Gasteiger partial charge in [-0.15, -0.1) is 0 Å². The molecule has 1 heterocycles. The number of nitrogens with zero attached hydrogens (tertiary/aromatic N) is 1. The summed E-state index contributed by atoms with van der Waals surface area (Å²) in [6, 6.07) is 1.79. The van der Waals surface area contributed by atoms with Crippen LogP contribution in [0.3, 0.4) is 0 Å². The van der Waals surface area contributed by atoms with E-state index in [4.69, 9.17) is 11.1 Å². The molecule has 1 aromatic rings. The van der Waals surface area contributed by atoms with Crippen LogP contribution < -0.4 is 5.73 Å². The Hall–Kier alpha value is -1.32. The van der Waals surface area contributed by atoms with Crippen LogP contribution in [0.1, 0.15) is 5.69 Å². The number of nitrogens with two attached hydrogens (primary N) is 1. The molecular weight excluding hydrogens is 116 g/mol. The Balaban J connectivity index is 2.58. The Morgan fingerprint density at radius 2 is 2.67 bits per heavy atom. The fourth-order valence-corrected chi connectivity index (χ4v) is 0.588. The molecule has 0 aliphatic carbocycles. The van der Waals surface area contributed by atoms with Crippen LogP contribution in [-0.2, 0) is 6.42 Å². The first-order valence-electron chi connectivity index (χ1n) is 2.60. The van der Waals surface area contributed by atoms with Crippen LogP contribution in [0.2, 0.25) is 0 Å². The van der Waals surface area contributed by atoms with Crippen LogP contribution in [0.15, 0.2) is 12.3 Å². The van der Waals surface area contributed by atoms with E-state index in [1.807, 2.05) is 0 Å². The lowest BCUT2D eigenvalue weighted by molar-refractivity contribution is 1.02. The van der Waals surface area contributed by atoms with Gasteiger partial charge in [-0.3, -0.25) is 10.5 Å². The molecule has 0 saturated carbocycles. The van der Waals surface area contributed by atoms with Crippen molar-refractivity contribution in [2.75, 3.05) is 0 Å². The second-order valence-corrected chi connectivity index (χ2v) is 1.78. The summed E-state index contributed by atoms with van der Waals surface area (Å²) >= 11 is 0. The number of hydrogen-bond donors (Lipinski definition) is 3. The van der Waals surface area contributed by atoms with Crippen LogP contribution in [0.5, 0.6) is 0 Å². The summed E-state index contributed by atoms with van der Waals surface area (Å²) in [5.41, 5.74) is 6.00. The van der Waals surface area contributed by atoms with E-state index in [2.05, 4.69) is 10.2 Å². The van der Waals surface area contributed by atoms with E-state index in [0.29, 0.717) is 6.42 Å². The number of amidine groups is 1. The Morgan fingerprint density at radius 1 is 1.89 bits per heavy atom. The first kappa shape index (κ1) is 5.81. The fourth-order valence-electron chi connectivity index (χ4n) is 0.588. The molecule has 4 N–H and O–H groups in total. The van der Waals surface area contributed by atoms with Gasteiger partial charge in [-0.1, -0.05) is 0 Å². The molecule has 0 amide bonds. The molecule has 9 heavy (non-hydrogen) atoms. The smallest absolute Gasteiger partial charge is 0.0965 e. The molecule has 4 heteroatoms. The molecule has 0 fully saturated rings. The predicted molar refractivity (Wildman–Crippen MR) is 34.2 cm³/mol. The van der Waals surface area contributed by atoms with Crippen LogP contribution in [0.25, 0.3) is 0 Å². The van der Waals surface area contributed by atoms with Gasteiger partial charge in [0.05, 0.1) is 5.84 Å². The highest BCUT2D eigenvalue weighted by molar-refractivity contribution is 5.78. The highest BCUT2D eigenvalue weighted by Crippen LogP contribution is 1.90. The molecular formula is C5H8N4. The van der Waals surface area contributed by atoms with E-state index in [1.54, 1.807) is 12.3 Å². The lowest BCUT2D eigenvalue weighted by Crippen LogP contribution is -2.12. The summed E-state index contributed by atoms with van der Waals surface area (Å²) in [5, 5.41) is 13.3. The third-order valence-electron chi connectivity index (χ3n) is 0.939. The molecule has 0 aromatic carbocycles. The zero-order valence-electron chi connectivity index (χ0n) is 4.89. The van der Waals surface area contributed by atoms with Crippen LogP contribution >= 0.6 is 0 Å². The molecule has 0 unspecified atom stereocenters. The maximum Gasteiger partial charge on any atom is 0.0965 e. The summed E-state index contributed by atoms with van der Waals surface area (Å²) in [6.07, 6.45) is 2.10. The summed E-state index contributed by atoms with van der Waals surface area (Å²) in [5.74, 6) is 0.152. The first-order chi connectivity index (χ1) is 4.29. The van der Waals surface area contributed by atoms with E-state index in [0.717, 1.165) is 5.69 Å². The molecule has 0 aliphatic heterocycles. The quantitative estimate of drug-likeness (QED) is 0.380. The fraction of sp³-hybridized carbons (Fsp3) is 0.200. The van der Waals surface area contributed by atoms with Gasteiger partial charge in [-0.2, -0.15) is 5.10 Å². The number of nitrogens with one attached hydrogen (secondary N) is 2. The molecule has 0 radical (unpaired) electrons. The van der Waals surface area contributed by atoms with Crippen LogP contribution in [0, 0.1) is 5.41 Å². The minimum Gasteiger partial charge on any atom is -0.387 e. The lowest BCUT2D eigenvalue weighted by Gasteiger charge is -1.90. The molecule has 0 saturated heterocycles. The van der Waals surface area contributed by atoms with Gasteiger partial charge in [0.2, 0.25) is 0 Å². The number of aromatic amines is 1. The van der Waals surface area contributed by atoms with Crippen molar-refractivity contribution >= 4 is 5.84 Å². The zero-order chi connectivity index (χ0) is 6.69. The van der Waals surface area contributed by atoms with Gasteiger partial charge in [0, 0.05) is 18.3 Å². The van der Waals surface area contributed by atoms with Crippen molar-refractivity contribution in [3.8, 4) is 0 Å². The maximum absolute atomic E-state index is 6.90. The van der Waals surface area contributed by atoms with Crippen molar-refractivity contribution in [2.24, 2.45) is 5.73 Å². The van der Waals surface area contributed by atoms with Gasteiger partial charge in [0.25, 0.3) is 0 Å². The third kappa shape index (κ3) is 1.56. The predicted octanol–water partition coefficient (Wildman–Crippen LogP) is -0.112. The number of rotatable bonds is 2. The average Bonchev–Trinajstić information content (AvgIpc) is 2.15. The molecule has 48 valence electrons. The first-order valence-corrected chi connectivity index (χ1v) is 2.60. The van der Waals surface area contributed by atoms with Gasteiger partial charge in [-0.25, -0.2) is 0 Å². The standard InChI is InChI=1S/C5H8N4/c6-5(7)3-4-1-2-8-9-4/h1-2H,3H2,(H3,6,7)(H,8,9). The number of H-pyrrole nitrogens is 1. The average molecular weight is 124 g/mol. The summed E-state index contributed by atoms with van der Waals surface area (Å²) < 4.78 is 0. The third-order valence-corrected chi connectivity index (χ3v) is 0.939. The maximum atomic E-state index is 6.90. The Kier molecular flexibility index (Phi) is 1.48. The van der Waals surface area contributed by atoms with Crippen molar-refractivity contribution < 1.29 is 0 Å². The van der Waals surface area contributed by atoms with E-state index in [1.165, 1.54) is 0 Å². The lowest BCUT2D eigenvalue weighted by atomic mass is 10.3. The number of hydrogen-bond acceptors (Lipinski definition) is 2. The summed E-state index contributed by atoms with van der Waals surface area (Å²) in [6.45, 7) is 0. The Bertz CT molecular complexity index is 189. The molecule has 1 aromatic heterocycles. The molecule has 0 bridgehead atoms. The monoisotopic (exact) mass is 124 g/mol. The highest BCUT2D eigenvalue weighted by Gasteiger charge is 1.93. The second-order valence-electron chi connectivity index (χ2n) is 1.78. The molecule has 0 atom stereocenters. The van der Waals surface area contributed by atoms with Crippen molar-refractivity contribution in [1.29, 1.82) is 5.41 Å². The second kappa shape index (κ2) is 2.30. The normalized spacial score (nSPS) is 9.33. The van der Waals surface area contributed by atoms with E-state index < -0.39 is 0 Å². The van der Waals surface area contributed by atoms with Gasteiger partial charge in [0.1, 0.15) is 0 Å². The van der Waals surface area contributed by atoms with Crippen LogP contribution in [-0.4, -0.2) is 16.0 Å². The van der Waals surface area contributed by atoms with E-state index in [9.17, 15) is 0 Å². The molecule has 4 nitrogen and oxygen atoms in total. The largest absolute Gasteiger partial charge is 0.387 e. The van der Waals surface area contributed by atoms with Gasteiger partial charge in [-0.05, 0) is 6.07 Å². The molecule has 0 aliphatic rings. The Labute approximate surface area is 52.6 Å². The van der Waals surface area contributed by atoms with Crippen LogP contribution in [0.4, 0.5) is 0 Å².